The van der Waals surface area contributed by atoms with Crippen LogP contribution >= 0.6 is 11.6 Å². The standard InChI is InChI=1S/C21H27ClN2O2/c1-16-20(10-13-26-16)21(25)23(2)14-18-4-3-11-24(15-18)12-9-17-5-7-19(22)8-6-17/h5-8,10,13,18H,3-4,9,11-12,14-15H2,1-2H3/t18-/m0/s1. The number of nitrogens with zero attached hydrogens (tertiary/aromatic N) is 2. The van der Waals surface area contributed by atoms with Crippen LogP contribution in [0.1, 0.15) is 34.5 Å². The Morgan fingerprint density at radius 1 is 1.31 bits per heavy atom. The number of benzene rings is 1. The first kappa shape index (κ1) is 19.0. The lowest BCUT2D eigenvalue weighted by Gasteiger charge is -2.34. The zero-order valence-electron chi connectivity index (χ0n) is 15.6. The Hall–Kier alpha value is -1.78. The van der Waals surface area contributed by atoms with Gasteiger partial charge in [0.15, 0.2) is 0 Å². The van der Waals surface area contributed by atoms with Crippen LogP contribution in [0.25, 0.3) is 0 Å². The van der Waals surface area contributed by atoms with Gasteiger partial charge in [-0.1, -0.05) is 23.7 Å². The molecule has 1 aliphatic heterocycles. The molecule has 0 bridgehead atoms. The number of furan rings is 1. The average molecular weight is 375 g/mol. The quantitative estimate of drug-likeness (QED) is 0.757. The van der Waals surface area contributed by atoms with Gasteiger partial charge >= 0.3 is 0 Å². The molecule has 3 rings (SSSR count). The van der Waals surface area contributed by atoms with Gasteiger partial charge in [-0.25, -0.2) is 0 Å². The van der Waals surface area contributed by atoms with Gasteiger partial charge in [-0.15, -0.1) is 0 Å². The maximum Gasteiger partial charge on any atom is 0.257 e. The fourth-order valence-corrected chi connectivity index (χ4v) is 3.85. The number of carbonyl (C=O) groups excluding carboxylic acids is 1. The van der Waals surface area contributed by atoms with Gasteiger partial charge in [-0.05, 0) is 62.4 Å². The number of likely N-dealkylation sites (tertiary alicyclic amines) is 1. The predicted octanol–water partition coefficient (Wildman–Crippen LogP) is 4.27. The first-order valence-corrected chi connectivity index (χ1v) is 9.67. The molecule has 4 nitrogen and oxygen atoms in total. The molecule has 1 fully saturated rings. The summed E-state index contributed by atoms with van der Waals surface area (Å²) in [7, 11) is 1.89. The largest absolute Gasteiger partial charge is 0.469 e. The van der Waals surface area contributed by atoms with Crippen molar-refractivity contribution in [3.05, 3.63) is 58.5 Å². The van der Waals surface area contributed by atoms with Crippen molar-refractivity contribution in [2.75, 3.05) is 33.2 Å². The van der Waals surface area contributed by atoms with Crippen LogP contribution in [-0.2, 0) is 6.42 Å². The van der Waals surface area contributed by atoms with E-state index in [1.807, 2.05) is 31.0 Å². The molecule has 0 unspecified atom stereocenters. The monoisotopic (exact) mass is 374 g/mol. The number of halogens is 1. The summed E-state index contributed by atoms with van der Waals surface area (Å²) in [6, 6.07) is 9.86. The molecule has 1 aromatic heterocycles. The topological polar surface area (TPSA) is 36.7 Å². The highest BCUT2D eigenvalue weighted by molar-refractivity contribution is 6.30. The van der Waals surface area contributed by atoms with E-state index in [0.29, 0.717) is 17.2 Å². The highest BCUT2D eigenvalue weighted by atomic mass is 35.5. The molecule has 0 spiro atoms. The van der Waals surface area contributed by atoms with Crippen molar-refractivity contribution in [1.29, 1.82) is 0 Å². The molecule has 0 N–H and O–H groups in total. The van der Waals surface area contributed by atoms with E-state index in [4.69, 9.17) is 16.0 Å². The van der Waals surface area contributed by atoms with Crippen LogP contribution in [0.2, 0.25) is 5.02 Å². The molecule has 5 heteroatoms. The Balaban J connectivity index is 1.49. The van der Waals surface area contributed by atoms with Crippen LogP contribution in [0.5, 0.6) is 0 Å². The third kappa shape index (κ3) is 4.89. The highest BCUT2D eigenvalue weighted by Gasteiger charge is 2.24. The first-order chi connectivity index (χ1) is 12.5. The van der Waals surface area contributed by atoms with Crippen molar-refractivity contribution < 1.29 is 9.21 Å². The number of hydrogen-bond acceptors (Lipinski definition) is 3. The van der Waals surface area contributed by atoms with Crippen molar-refractivity contribution in [3.8, 4) is 0 Å². The average Bonchev–Trinajstić information content (AvgIpc) is 3.07. The SMILES string of the molecule is Cc1occc1C(=O)N(C)C[C@@H]1CCCN(CCc2ccc(Cl)cc2)C1. The Bertz CT molecular complexity index is 726. The molecule has 1 amide bonds. The maximum atomic E-state index is 12.6. The zero-order valence-corrected chi connectivity index (χ0v) is 16.3. The van der Waals surface area contributed by atoms with Crippen LogP contribution in [0.3, 0.4) is 0 Å². The van der Waals surface area contributed by atoms with Gasteiger partial charge in [0.05, 0.1) is 11.8 Å². The molecule has 2 aromatic rings. The van der Waals surface area contributed by atoms with Gasteiger partial charge in [-0.3, -0.25) is 4.79 Å². The van der Waals surface area contributed by atoms with Gasteiger partial charge in [-0.2, -0.15) is 0 Å². The predicted molar refractivity (Wildman–Crippen MR) is 105 cm³/mol. The van der Waals surface area contributed by atoms with E-state index in [0.717, 1.165) is 37.6 Å². The highest BCUT2D eigenvalue weighted by Crippen LogP contribution is 2.20. The molecule has 0 saturated carbocycles. The summed E-state index contributed by atoms with van der Waals surface area (Å²) in [5, 5.41) is 0.785. The summed E-state index contributed by atoms with van der Waals surface area (Å²) in [4.78, 5) is 16.9. The van der Waals surface area contributed by atoms with Crippen LogP contribution in [-0.4, -0.2) is 48.9 Å². The van der Waals surface area contributed by atoms with Crippen molar-refractivity contribution >= 4 is 17.5 Å². The van der Waals surface area contributed by atoms with Crippen molar-refractivity contribution in [1.82, 2.24) is 9.80 Å². The fraction of sp³-hybridized carbons (Fsp3) is 0.476. The Morgan fingerprint density at radius 2 is 2.08 bits per heavy atom. The minimum Gasteiger partial charge on any atom is -0.469 e. The second kappa shape index (κ2) is 8.74. The Kier molecular flexibility index (Phi) is 6.38. The normalized spacial score (nSPS) is 18.0. The van der Waals surface area contributed by atoms with E-state index >= 15 is 0 Å². The second-order valence-corrected chi connectivity index (χ2v) is 7.70. The molecule has 1 aliphatic rings. The van der Waals surface area contributed by atoms with E-state index in [2.05, 4.69) is 17.0 Å². The molecule has 1 atom stereocenters. The number of hydrogen-bond donors (Lipinski definition) is 0. The number of rotatable bonds is 6. The van der Waals surface area contributed by atoms with Gasteiger partial charge < -0.3 is 14.2 Å². The summed E-state index contributed by atoms with van der Waals surface area (Å²) < 4.78 is 5.26. The first-order valence-electron chi connectivity index (χ1n) is 9.29. The summed E-state index contributed by atoms with van der Waals surface area (Å²) in [5.41, 5.74) is 1.99. The van der Waals surface area contributed by atoms with E-state index in [1.54, 1.807) is 12.3 Å². The second-order valence-electron chi connectivity index (χ2n) is 7.26. The Labute approximate surface area is 160 Å². The molecule has 26 heavy (non-hydrogen) atoms. The van der Waals surface area contributed by atoms with Crippen molar-refractivity contribution in [2.45, 2.75) is 26.2 Å². The van der Waals surface area contributed by atoms with Gasteiger partial charge in [0.25, 0.3) is 5.91 Å². The molecule has 1 aromatic carbocycles. The molecule has 0 radical (unpaired) electrons. The molecule has 2 heterocycles. The third-order valence-electron chi connectivity index (χ3n) is 5.20. The minimum atomic E-state index is 0.0505. The summed E-state index contributed by atoms with van der Waals surface area (Å²) in [5.74, 6) is 1.26. The van der Waals surface area contributed by atoms with Crippen LogP contribution in [0, 0.1) is 12.8 Å². The minimum absolute atomic E-state index is 0.0505. The van der Waals surface area contributed by atoms with Crippen LogP contribution in [0.4, 0.5) is 0 Å². The number of carbonyl (C=O) groups is 1. The lowest BCUT2D eigenvalue weighted by molar-refractivity contribution is 0.0728. The van der Waals surface area contributed by atoms with Gasteiger partial charge in [0.1, 0.15) is 5.76 Å². The zero-order chi connectivity index (χ0) is 18.5. The van der Waals surface area contributed by atoms with Gasteiger partial charge in [0, 0.05) is 31.7 Å². The molecule has 1 saturated heterocycles. The molecule has 140 valence electrons. The van der Waals surface area contributed by atoms with E-state index in [9.17, 15) is 4.79 Å². The Morgan fingerprint density at radius 3 is 2.77 bits per heavy atom. The van der Waals surface area contributed by atoms with Crippen LogP contribution < -0.4 is 0 Å². The van der Waals surface area contributed by atoms with Gasteiger partial charge in [0.2, 0.25) is 0 Å². The summed E-state index contributed by atoms with van der Waals surface area (Å²) >= 11 is 5.95. The molecular formula is C21H27ClN2O2. The smallest absolute Gasteiger partial charge is 0.257 e. The van der Waals surface area contributed by atoms with E-state index in [1.165, 1.54) is 18.4 Å². The number of piperidine rings is 1. The summed E-state index contributed by atoms with van der Waals surface area (Å²) in [6.07, 6.45) is 4.99. The lowest BCUT2D eigenvalue weighted by Crippen LogP contribution is -2.42. The third-order valence-corrected chi connectivity index (χ3v) is 5.45. The van der Waals surface area contributed by atoms with Crippen molar-refractivity contribution in [2.24, 2.45) is 5.92 Å². The maximum absolute atomic E-state index is 12.6. The molecular weight excluding hydrogens is 348 g/mol. The number of amides is 1. The van der Waals surface area contributed by atoms with E-state index < -0.39 is 0 Å². The number of aryl methyl sites for hydroxylation is 1. The molecule has 0 aliphatic carbocycles. The van der Waals surface area contributed by atoms with E-state index in [-0.39, 0.29) is 5.91 Å². The lowest BCUT2D eigenvalue weighted by atomic mass is 9.97. The van der Waals surface area contributed by atoms with Crippen molar-refractivity contribution in [3.63, 3.8) is 0 Å². The summed E-state index contributed by atoms with van der Waals surface area (Å²) in [6.45, 7) is 5.87. The fourth-order valence-electron chi connectivity index (χ4n) is 3.72. The van der Waals surface area contributed by atoms with Crippen LogP contribution in [0.15, 0.2) is 41.0 Å².